The lowest BCUT2D eigenvalue weighted by atomic mass is 10.1. The van der Waals surface area contributed by atoms with Crippen LogP contribution in [-0.2, 0) is 10.0 Å². The van der Waals surface area contributed by atoms with Crippen LogP contribution in [0.15, 0.2) is 23.4 Å². The molecule has 0 bridgehead atoms. The summed E-state index contributed by atoms with van der Waals surface area (Å²) in [5.74, 6) is 0.439. The Morgan fingerprint density at radius 1 is 1.44 bits per heavy atom. The maximum atomic E-state index is 12.1. The third-order valence-electron chi connectivity index (χ3n) is 3.58. The van der Waals surface area contributed by atoms with E-state index in [4.69, 9.17) is 4.74 Å². The lowest BCUT2D eigenvalue weighted by molar-refractivity contribution is 0.411. The van der Waals surface area contributed by atoms with Gasteiger partial charge in [0.15, 0.2) is 0 Å². The van der Waals surface area contributed by atoms with Gasteiger partial charge in [0.1, 0.15) is 10.6 Å². The van der Waals surface area contributed by atoms with Crippen LogP contribution in [0.3, 0.4) is 0 Å². The number of hydrogen-bond acceptors (Lipinski definition) is 4. The molecule has 1 aromatic heterocycles. The average Bonchev–Trinajstić information content (AvgIpc) is 3.17. The molecule has 1 aromatic rings. The summed E-state index contributed by atoms with van der Waals surface area (Å²) in [7, 11) is -2.01. The first-order chi connectivity index (χ1) is 8.51. The SMILES string of the molecule is CCC1(CNS(=O)(=O)c2cncc(OC)c2)CC1. The van der Waals surface area contributed by atoms with Gasteiger partial charge in [-0.15, -0.1) is 0 Å². The maximum absolute atomic E-state index is 12.1. The molecule has 0 unspecified atom stereocenters. The number of aromatic nitrogens is 1. The monoisotopic (exact) mass is 270 g/mol. The van der Waals surface area contributed by atoms with Crippen LogP contribution in [0.1, 0.15) is 26.2 Å². The van der Waals surface area contributed by atoms with Crippen LogP contribution >= 0.6 is 0 Å². The van der Waals surface area contributed by atoms with Gasteiger partial charge in [0.25, 0.3) is 0 Å². The highest BCUT2D eigenvalue weighted by Crippen LogP contribution is 2.48. The van der Waals surface area contributed by atoms with E-state index in [1.54, 1.807) is 0 Å². The number of ether oxygens (including phenoxy) is 1. The summed E-state index contributed by atoms with van der Waals surface area (Å²) in [6.45, 7) is 2.59. The van der Waals surface area contributed by atoms with E-state index >= 15 is 0 Å². The predicted molar refractivity (Wildman–Crippen MR) is 67.9 cm³/mol. The molecule has 6 heteroatoms. The number of rotatable bonds is 6. The Kier molecular flexibility index (Phi) is 3.59. The van der Waals surface area contributed by atoms with Crippen molar-refractivity contribution in [2.45, 2.75) is 31.1 Å². The minimum absolute atomic E-state index is 0.147. The molecule has 1 saturated carbocycles. The minimum atomic E-state index is -3.49. The van der Waals surface area contributed by atoms with Crippen LogP contribution in [-0.4, -0.2) is 27.1 Å². The largest absolute Gasteiger partial charge is 0.495 e. The molecule has 0 amide bonds. The van der Waals surface area contributed by atoms with Gasteiger partial charge in [0, 0.05) is 18.8 Å². The molecule has 1 fully saturated rings. The van der Waals surface area contributed by atoms with Crippen LogP contribution in [0.2, 0.25) is 0 Å². The Bertz CT molecular complexity index is 524. The second kappa shape index (κ2) is 4.85. The first-order valence-electron chi connectivity index (χ1n) is 6.00. The number of nitrogens with one attached hydrogen (secondary N) is 1. The normalized spacial score (nSPS) is 17.4. The Morgan fingerprint density at radius 2 is 2.17 bits per heavy atom. The molecule has 0 aromatic carbocycles. The fourth-order valence-corrected chi connectivity index (χ4v) is 2.95. The van der Waals surface area contributed by atoms with Gasteiger partial charge in [-0.2, -0.15) is 0 Å². The Hall–Kier alpha value is -1.14. The summed E-state index contributed by atoms with van der Waals surface area (Å²) in [6.07, 6.45) is 6.01. The van der Waals surface area contributed by atoms with Crippen molar-refractivity contribution in [2.24, 2.45) is 5.41 Å². The topological polar surface area (TPSA) is 68.3 Å². The zero-order valence-electron chi connectivity index (χ0n) is 10.6. The van der Waals surface area contributed by atoms with E-state index < -0.39 is 10.0 Å². The van der Waals surface area contributed by atoms with Gasteiger partial charge in [0.05, 0.1) is 13.3 Å². The minimum Gasteiger partial charge on any atom is -0.495 e. The van der Waals surface area contributed by atoms with Gasteiger partial charge in [-0.25, -0.2) is 13.1 Å². The Labute approximate surface area is 108 Å². The summed E-state index contributed by atoms with van der Waals surface area (Å²) < 4.78 is 31.8. The van der Waals surface area contributed by atoms with Gasteiger partial charge in [-0.1, -0.05) is 6.92 Å². The highest BCUT2D eigenvalue weighted by atomic mass is 32.2. The highest BCUT2D eigenvalue weighted by Gasteiger charge is 2.41. The van der Waals surface area contributed by atoms with Crippen molar-refractivity contribution in [1.82, 2.24) is 9.71 Å². The molecular formula is C12H18N2O3S. The molecule has 0 spiro atoms. The van der Waals surface area contributed by atoms with E-state index in [1.165, 1.54) is 25.6 Å². The van der Waals surface area contributed by atoms with Crippen molar-refractivity contribution in [3.63, 3.8) is 0 Å². The highest BCUT2D eigenvalue weighted by molar-refractivity contribution is 7.89. The molecule has 18 heavy (non-hydrogen) atoms. The quantitative estimate of drug-likeness (QED) is 0.851. The van der Waals surface area contributed by atoms with Gasteiger partial charge >= 0.3 is 0 Å². The van der Waals surface area contributed by atoms with E-state index in [0.29, 0.717) is 12.3 Å². The smallest absolute Gasteiger partial charge is 0.242 e. The summed E-state index contributed by atoms with van der Waals surface area (Å²) >= 11 is 0. The first-order valence-corrected chi connectivity index (χ1v) is 7.48. The predicted octanol–water partition coefficient (Wildman–Crippen LogP) is 1.56. The number of pyridine rings is 1. The third-order valence-corrected chi connectivity index (χ3v) is 4.95. The van der Waals surface area contributed by atoms with Crippen molar-refractivity contribution in [3.05, 3.63) is 18.5 Å². The van der Waals surface area contributed by atoms with Crippen LogP contribution < -0.4 is 9.46 Å². The van der Waals surface area contributed by atoms with Gasteiger partial charge in [0.2, 0.25) is 10.0 Å². The van der Waals surface area contributed by atoms with Crippen LogP contribution in [0.5, 0.6) is 5.75 Å². The second-order valence-electron chi connectivity index (χ2n) is 4.74. The average molecular weight is 270 g/mol. The standard InChI is InChI=1S/C12H18N2O3S/c1-3-12(4-5-12)9-14-18(15,16)11-6-10(17-2)7-13-8-11/h6-8,14H,3-5,9H2,1-2H3. The molecular weight excluding hydrogens is 252 g/mol. The molecule has 5 nitrogen and oxygen atoms in total. The number of hydrogen-bond donors (Lipinski definition) is 1. The van der Waals surface area contributed by atoms with Crippen molar-refractivity contribution in [1.29, 1.82) is 0 Å². The van der Waals surface area contributed by atoms with Crippen molar-refractivity contribution < 1.29 is 13.2 Å². The van der Waals surface area contributed by atoms with Crippen molar-refractivity contribution in [2.75, 3.05) is 13.7 Å². The number of sulfonamides is 1. The molecule has 0 radical (unpaired) electrons. The van der Waals surface area contributed by atoms with E-state index in [-0.39, 0.29) is 10.3 Å². The Morgan fingerprint density at radius 3 is 2.72 bits per heavy atom. The van der Waals surface area contributed by atoms with Gasteiger partial charge in [-0.3, -0.25) is 4.98 Å². The van der Waals surface area contributed by atoms with Crippen LogP contribution in [0.4, 0.5) is 0 Å². The molecule has 0 aliphatic heterocycles. The van der Waals surface area contributed by atoms with Crippen LogP contribution in [0.25, 0.3) is 0 Å². The molecule has 100 valence electrons. The molecule has 1 aliphatic carbocycles. The van der Waals surface area contributed by atoms with E-state index in [9.17, 15) is 8.42 Å². The zero-order valence-corrected chi connectivity index (χ0v) is 11.5. The zero-order chi connectivity index (χ0) is 13.2. The molecule has 0 atom stereocenters. The molecule has 0 saturated heterocycles. The third kappa shape index (κ3) is 2.81. The molecule has 1 aliphatic rings. The lowest BCUT2D eigenvalue weighted by Crippen LogP contribution is -2.30. The van der Waals surface area contributed by atoms with E-state index in [2.05, 4.69) is 16.6 Å². The first kappa shape index (κ1) is 13.3. The summed E-state index contributed by atoms with van der Waals surface area (Å²) in [5.41, 5.74) is 0.180. The summed E-state index contributed by atoms with van der Waals surface area (Å²) in [6, 6.07) is 1.47. The number of nitrogens with zero attached hydrogens (tertiary/aromatic N) is 1. The molecule has 2 rings (SSSR count). The fraction of sp³-hybridized carbons (Fsp3) is 0.583. The van der Waals surface area contributed by atoms with Gasteiger partial charge < -0.3 is 4.74 Å². The lowest BCUT2D eigenvalue weighted by Gasteiger charge is -2.13. The van der Waals surface area contributed by atoms with Crippen LogP contribution in [0, 0.1) is 5.41 Å². The van der Waals surface area contributed by atoms with Crippen molar-refractivity contribution in [3.8, 4) is 5.75 Å². The van der Waals surface area contributed by atoms with Crippen molar-refractivity contribution >= 4 is 10.0 Å². The summed E-state index contributed by atoms with van der Waals surface area (Å²) in [5, 5.41) is 0. The van der Waals surface area contributed by atoms with Gasteiger partial charge in [-0.05, 0) is 24.7 Å². The fourth-order valence-electron chi connectivity index (χ4n) is 1.82. The molecule has 1 heterocycles. The van der Waals surface area contributed by atoms with E-state index in [0.717, 1.165) is 19.3 Å². The number of methoxy groups -OCH3 is 1. The van der Waals surface area contributed by atoms with E-state index in [1.807, 2.05) is 0 Å². The molecule has 1 N–H and O–H groups in total. The summed E-state index contributed by atoms with van der Waals surface area (Å²) in [4.78, 5) is 4.00. The second-order valence-corrected chi connectivity index (χ2v) is 6.51. The Balaban J connectivity index is 2.10. The maximum Gasteiger partial charge on any atom is 0.242 e.